The molecule has 0 amide bonds. The standard InChI is InChI=1S/C26H22Cl3N3O4S2/c1-2-21-15-25-24(16-30-32(25)38(35,36)23-13-9-20(29)10-14-23)26(17-3-5-18(27)6-4-17)31(21)37(33,34)22-11-7-19(28)8-12-22/h3-14,16,21,26H,2,15H2,1H3. The molecule has 2 heterocycles. The van der Waals surface area contributed by atoms with Crippen molar-refractivity contribution in [2.45, 2.75) is 41.6 Å². The van der Waals surface area contributed by atoms with Crippen LogP contribution in [0.5, 0.6) is 0 Å². The van der Waals surface area contributed by atoms with E-state index in [1.165, 1.54) is 59.0 Å². The second kappa shape index (κ2) is 10.3. The molecule has 0 radical (unpaired) electrons. The first kappa shape index (κ1) is 27.2. The number of sulfonamides is 1. The molecule has 1 aromatic heterocycles. The molecule has 0 spiro atoms. The first-order chi connectivity index (χ1) is 18.0. The van der Waals surface area contributed by atoms with E-state index in [0.717, 1.165) is 4.09 Å². The zero-order valence-electron chi connectivity index (χ0n) is 20.0. The SMILES string of the molecule is CCC1Cc2c(cnn2S(=O)(=O)c2ccc(Cl)cc2)C(c2ccc(Cl)cc2)N1S(=O)(=O)c1ccc(Cl)cc1. The summed E-state index contributed by atoms with van der Waals surface area (Å²) in [6, 6.07) is 17.2. The van der Waals surface area contributed by atoms with Gasteiger partial charge in [-0.25, -0.2) is 8.42 Å². The van der Waals surface area contributed by atoms with Gasteiger partial charge in [0, 0.05) is 33.1 Å². The maximum atomic E-state index is 14.1. The van der Waals surface area contributed by atoms with Gasteiger partial charge in [-0.1, -0.05) is 53.9 Å². The highest BCUT2D eigenvalue weighted by Crippen LogP contribution is 2.43. The predicted molar refractivity (Wildman–Crippen MR) is 148 cm³/mol. The maximum absolute atomic E-state index is 14.1. The van der Waals surface area contributed by atoms with E-state index in [4.69, 9.17) is 34.8 Å². The molecule has 0 N–H and O–H groups in total. The highest BCUT2D eigenvalue weighted by Gasteiger charge is 2.45. The van der Waals surface area contributed by atoms with Gasteiger partial charge in [0.25, 0.3) is 10.0 Å². The Hall–Kier alpha value is -2.40. The van der Waals surface area contributed by atoms with Crippen molar-refractivity contribution in [3.63, 3.8) is 0 Å². The van der Waals surface area contributed by atoms with Crippen molar-refractivity contribution in [2.24, 2.45) is 0 Å². The Kier molecular flexibility index (Phi) is 7.36. The number of nitrogens with zero attached hydrogens (tertiary/aromatic N) is 3. The highest BCUT2D eigenvalue weighted by atomic mass is 35.5. The summed E-state index contributed by atoms with van der Waals surface area (Å²) in [5.41, 5.74) is 1.54. The number of benzene rings is 3. The van der Waals surface area contributed by atoms with Gasteiger partial charge in [0.2, 0.25) is 10.0 Å². The number of aromatic nitrogens is 2. The van der Waals surface area contributed by atoms with Crippen molar-refractivity contribution in [2.75, 3.05) is 0 Å². The van der Waals surface area contributed by atoms with Crippen LogP contribution >= 0.6 is 34.8 Å². The summed E-state index contributed by atoms with van der Waals surface area (Å²) in [6.45, 7) is 1.87. The van der Waals surface area contributed by atoms with Crippen LogP contribution in [0.1, 0.15) is 36.2 Å². The number of hydrogen-bond donors (Lipinski definition) is 0. The fraction of sp³-hybridized carbons (Fsp3) is 0.192. The van der Waals surface area contributed by atoms with E-state index in [1.54, 1.807) is 24.3 Å². The van der Waals surface area contributed by atoms with Gasteiger partial charge in [-0.05, 0) is 72.6 Å². The summed E-state index contributed by atoms with van der Waals surface area (Å²) in [4.78, 5) is 0.115. The maximum Gasteiger partial charge on any atom is 0.283 e. The molecular formula is C26H22Cl3N3O4S2. The van der Waals surface area contributed by atoms with Crippen LogP contribution in [0.4, 0.5) is 0 Å². The predicted octanol–water partition coefficient (Wildman–Crippen LogP) is 6.20. The molecule has 5 rings (SSSR count). The largest absolute Gasteiger partial charge is 0.283 e. The molecule has 0 saturated carbocycles. The summed E-state index contributed by atoms with van der Waals surface area (Å²) < 4.78 is 57.8. The van der Waals surface area contributed by atoms with Crippen LogP contribution < -0.4 is 0 Å². The van der Waals surface area contributed by atoms with Gasteiger partial charge in [-0.15, -0.1) is 0 Å². The van der Waals surface area contributed by atoms with Crippen LogP contribution in [0.25, 0.3) is 0 Å². The number of rotatable bonds is 6. The van der Waals surface area contributed by atoms with Crippen molar-refractivity contribution in [1.29, 1.82) is 0 Å². The van der Waals surface area contributed by atoms with Crippen LogP contribution in [-0.4, -0.2) is 36.4 Å². The second-order valence-corrected chi connectivity index (χ2v) is 13.8. The van der Waals surface area contributed by atoms with E-state index in [0.29, 0.717) is 38.3 Å². The van der Waals surface area contributed by atoms with E-state index >= 15 is 0 Å². The Morgan fingerprint density at radius 2 is 1.24 bits per heavy atom. The summed E-state index contributed by atoms with van der Waals surface area (Å²) in [7, 11) is -8.10. The molecule has 12 heteroatoms. The fourth-order valence-electron chi connectivity index (χ4n) is 4.73. The molecule has 0 fully saturated rings. The Morgan fingerprint density at radius 1 is 0.763 bits per heavy atom. The topological polar surface area (TPSA) is 89.3 Å². The Morgan fingerprint density at radius 3 is 1.74 bits per heavy atom. The van der Waals surface area contributed by atoms with E-state index < -0.39 is 32.1 Å². The summed E-state index contributed by atoms with van der Waals surface area (Å²) in [5, 5.41) is 5.57. The average Bonchev–Trinajstić information content (AvgIpc) is 3.33. The second-order valence-electron chi connectivity index (χ2n) is 8.86. The quantitative estimate of drug-likeness (QED) is 0.260. The third kappa shape index (κ3) is 4.76. The van der Waals surface area contributed by atoms with Gasteiger partial charge in [0.05, 0.1) is 27.7 Å². The Balaban J connectivity index is 1.72. The van der Waals surface area contributed by atoms with E-state index in [-0.39, 0.29) is 16.2 Å². The summed E-state index contributed by atoms with van der Waals surface area (Å²) in [6.07, 6.45) is 2.01. The molecule has 0 aliphatic carbocycles. The van der Waals surface area contributed by atoms with Crippen molar-refractivity contribution in [3.8, 4) is 0 Å². The molecule has 1 aliphatic rings. The lowest BCUT2D eigenvalue weighted by atomic mass is 9.90. The lowest BCUT2D eigenvalue weighted by Gasteiger charge is -2.41. The van der Waals surface area contributed by atoms with Gasteiger partial charge in [-0.2, -0.15) is 21.9 Å². The molecule has 0 saturated heterocycles. The Bertz CT molecular complexity index is 1690. The smallest absolute Gasteiger partial charge is 0.207 e. The fourth-order valence-corrected chi connectivity index (χ4v) is 8.28. The molecule has 2 unspecified atom stereocenters. The van der Waals surface area contributed by atoms with Crippen LogP contribution in [0.2, 0.25) is 15.1 Å². The van der Waals surface area contributed by atoms with Gasteiger partial charge in [0.15, 0.2) is 0 Å². The summed E-state index contributed by atoms with van der Waals surface area (Å²) >= 11 is 18.1. The third-order valence-electron chi connectivity index (χ3n) is 6.59. The van der Waals surface area contributed by atoms with Crippen molar-refractivity contribution >= 4 is 54.8 Å². The molecule has 38 heavy (non-hydrogen) atoms. The average molecular weight is 611 g/mol. The van der Waals surface area contributed by atoms with E-state index in [2.05, 4.69) is 5.10 Å². The van der Waals surface area contributed by atoms with Crippen molar-refractivity contribution in [1.82, 2.24) is 13.5 Å². The number of halogens is 3. The van der Waals surface area contributed by atoms with Gasteiger partial charge in [-0.3, -0.25) is 0 Å². The minimum absolute atomic E-state index is 0.0279. The summed E-state index contributed by atoms with van der Waals surface area (Å²) in [5.74, 6) is 0. The van der Waals surface area contributed by atoms with E-state index in [9.17, 15) is 16.8 Å². The van der Waals surface area contributed by atoms with Crippen LogP contribution in [-0.2, 0) is 26.5 Å². The molecule has 198 valence electrons. The van der Waals surface area contributed by atoms with Crippen molar-refractivity contribution in [3.05, 3.63) is 111 Å². The zero-order valence-corrected chi connectivity index (χ0v) is 23.9. The molecule has 4 aromatic rings. The third-order valence-corrected chi connectivity index (χ3v) is 10.9. The molecule has 2 atom stereocenters. The normalized spacial score (nSPS) is 18.3. The van der Waals surface area contributed by atoms with Gasteiger partial charge >= 0.3 is 0 Å². The lowest BCUT2D eigenvalue weighted by Crippen LogP contribution is -2.47. The lowest BCUT2D eigenvalue weighted by molar-refractivity contribution is 0.247. The molecular weight excluding hydrogens is 589 g/mol. The van der Waals surface area contributed by atoms with Crippen LogP contribution in [0.15, 0.2) is 88.8 Å². The minimum atomic E-state index is -4.06. The highest BCUT2D eigenvalue weighted by molar-refractivity contribution is 7.90. The van der Waals surface area contributed by atoms with Gasteiger partial charge in [0.1, 0.15) is 0 Å². The van der Waals surface area contributed by atoms with Crippen LogP contribution in [0.3, 0.4) is 0 Å². The van der Waals surface area contributed by atoms with Crippen molar-refractivity contribution < 1.29 is 16.8 Å². The van der Waals surface area contributed by atoms with E-state index in [1.807, 2.05) is 6.92 Å². The van der Waals surface area contributed by atoms with Crippen LogP contribution in [0, 0.1) is 0 Å². The first-order valence-electron chi connectivity index (χ1n) is 11.7. The number of fused-ring (bicyclic) bond motifs is 1. The monoisotopic (exact) mass is 609 g/mol. The minimum Gasteiger partial charge on any atom is -0.207 e. The zero-order chi connectivity index (χ0) is 27.2. The molecule has 7 nitrogen and oxygen atoms in total. The number of hydrogen-bond acceptors (Lipinski definition) is 5. The molecule has 1 aliphatic heterocycles. The first-order valence-corrected chi connectivity index (χ1v) is 15.7. The molecule has 3 aromatic carbocycles. The Labute approximate surface area is 236 Å². The molecule has 0 bridgehead atoms. The van der Waals surface area contributed by atoms with Gasteiger partial charge < -0.3 is 0 Å².